The van der Waals surface area contributed by atoms with Crippen LogP contribution in [0.15, 0.2) is 0 Å². The zero-order chi connectivity index (χ0) is 76.4. The molecule has 3 N–H and O–H groups in total. The van der Waals surface area contributed by atoms with Crippen LogP contribution in [0.5, 0.6) is 0 Å². The lowest BCUT2D eigenvalue weighted by molar-refractivity contribution is -0.161. The Bertz CT molecular complexity index is 1990. The fraction of sp³-hybridized carbons (Fsp3) is 0.953. The number of aliphatic hydroxyl groups excluding tert-OH is 1. The molecule has 0 saturated heterocycles. The van der Waals surface area contributed by atoms with Gasteiger partial charge in [0, 0.05) is 25.7 Å². The number of unbranched alkanes of at least 4 members (excludes halogenated alkanes) is 54. The topological polar surface area (TPSA) is 237 Å². The van der Waals surface area contributed by atoms with Crippen molar-refractivity contribution in [2.45, 2.75) is 471 Å². The maximum atomic E-state index is 13.1. The van der Waals surface area contributed by atoms with Gasteiger partial charge in [0.2, 0.25) is 0 Å². The number of phosphoric acid groups is 2. The predicted octanol–water partition coefficient (Wildman–Crippen LogP) is 25.8. The Hall–Kier alpha value is -1.94. The van der Waals surface area contributed by atoms with Crippen LogP contribution in [0, 0.1) is 11.8 Å². The molecule has 104 heavy (non-hydrogen) atoms. The molecule has 0 amide bonds. The highest BCUT2D eigenvalue weighted by atomic mass is 31.2. The fourth-order valence-electron chi connectivity index (χ4n) is 13.2. The SMILES string of the molecule is CCCCCCCCCCCCCCCCCCCC(=O)OC[C@H](COP(=O)(O)OC[C@@H](O)COP(=O)(O)OC[C@@H](COC(=O)CCCCCCCCCCCCCCC)OC(=O)CCCCCCCCCCCCC(C)C)OC(=O)CCCCCCCCCCCCCCCCCCCCC(C)C. The third-order valence-corrected chi connectivity index (χ3v) is 21.9. The fourth-order valence-corrected chi connectivity index (χ4v) is 14.8. The second-order valence-corrected chi connectivity index (χ2v) is 34.4. The molecular weight excluding hydrogens is 1350 g/mol. The van der Waals surface area contributed by atoms with E-state index < -0.39 is 97.5 Å². The first kappa shape index (κ1) is 102. The Morgan fingerprint density at radius 2 is 0.442 bits per heavy atom. The van der Waals surface area contributed by atoms with Gasteiger partial charge in [0.25, 0.3) is 0 Å². The molecule has 0 radical (unpaired) electrons. The molecule has 0 bridgehead atoms. The van der Waals surface area contributed by atoms with E-state index in [1.165, 1.54) is 270 Å². The molecule has 0 aromatic heterocycles. The number of ether oxygens (including phenoxy) is 4. The van der Waals surface area contributed by atoms with Gasteiger partial charge in [0.15, 0.2) is 12.2 Å². The van der Waals surface area contributed by atoms with Crippen LogP contribution in [-0.2, 0) is 65.4 Å². The summed E-state index contributed by atoms with van der Waals surface area (Å²) in [6, 6.07) is 0. The van der Waals surface area contributed by atoms with E-state index in [2.05, 4.69) is 41.5 Å². The minimum absolute atomic E-state index is 0.107. The maximum absolute atomic E-state index is 13.1. The summed E-state index contributed by atoms with van der Waals surface area (Å²) in [6.45, 7) is 9.69. The zero-order valence-electron chi connectivity index (χ0n) is 68.3. The van der Waals surface area contributed by atoms with Crippen molar-refractivity contribution in [1.29, 1.82) is 0 Å². The van der Waals surface area contributed by atoms with E-state index in [1.54, 1.807) is 0 Å². The average Bonchev–Trinajstić information content (AvgIpc) is 0.909. The summed E-state index contributed by atoms with van der Waals surface area (Å²) in [5.41, 5.74) is 0. The minimum Gasteiger partial charge on any atom is -0.462 e. The molecule has 5 atom stereocenters. The third kappa shape index (κ3) is 78.2. The number of rotatable bonds is 84. The molecular formula is C85H166O17P2. The summed E-state index contributed by atoms with van der Waals surface area (Å²) >= 11 is 0. The van der Waals surface area contributed by atoms with Gasteiger partial charge in [0.05, 0.1) is 26.4 Å². The lowest BCUT2D eigenvalue weighted by atomic mass is 10.0. The van der Waals surface area contributed by atoms with Gasteiger partial charge in [-0.3, -0.25) is 37.3 Å². The average molecular weight is 1520 g/mol. The number of esters is 4. The molecule has 0 saturated carbocycles. The van der Waals surface area contributed by atoms with Gasteiger partial charge in [-0.05, 0) is 37.5 Å². The largest absolute Gasteiger partial charge is 0.472 e. The van der Waals surface area contributed by atoms with Crippen LogP contribution >= 0.6 is 15.6 Å². The molecule has 0 aliphatic heterocycles. The molecule has 0 spiro atoms. The van der Waals surface area contributed by atoms with Gasteiger partial charge in [-0.2, -0.15) is 0 Å². The Labute approximate surface area is 638 Å². The molecule has 0 aromatic carbocycles. The van der Waals surface area contributed by atoms with E-state index in [4.69, 9.17) is 37.0 Å². The van der Waals surface area contributed by atoms with Gasteiger partial charge in [-0.15, -0.1) is 0 Å². The number of carbonyl (C=O) groups is 4. The number of phosphoric ester groups is 2. The van der Waals surface area contributed by atoms with Crippen LogP contribution < -0.4 is 0 Å². The summed E-state index contributed by atoms with van der Waals surface area (Å²) in [5, 5.41) is 10.7. The van der Waals surface area contributed by atoms with E-state index in [0.29, 0.717) is 25.7 Å². The first-order valence-corrected chi connectivity index (χ1v) is 47.0. The van der Waals surface area contributed by atoms with Crippen molar-refractivity contribution in [2.24, 2.45) is 11.8 Å². The van der Waals surface area contributed by atoms with Crippen molar-refractivity contribution in [3.05, 3.63) is 0 Å². The van der Waals surface area contributed by atoms with E-state index in [1.807, 2.05) is 0 Å². The van der Waals surface area contributed by atoms with Gasteiger partial charge < -0.3 is 33.8 Å². The molecule has 0 aliphatic rings. The van der Waals surface area contributed by atoms with Gasteiger partial charge >= 0.3 is 39.5 Å². The predicted molar refractivity (Wildman–Crippen MR) is 428 cm³/mol. The van der Waals surface area contributed by atoms with Gasteiger partial charge in [0.1, 0.15) is 19.3 Å². The number of aliphatic hydroxyl groups is 1. The van der Waals surface area contributed by atoms with E-state index in [9.17, 15) is 43.2 Å². The summed E-state index contributed by atoms with van der Waals surface area (Å²) in [6.07, 6.45) is 68.0. The van der Waals surface area contributed by atoms with Crippen molar-refractivity contribution in [3.8, 4) is 0 Å². The highest BCUT2D eigenvalue weighted by Gasteiger charge is 2.30. The molecule has 0 rings (SSSR count). The highest BCUT2D eigenvalue weighted by Crippen LogP contribution is 2.45. The smallest absolute Gasteiger partial charge is 0.462 e. The molecule has 17 nitrogen and oxygen atoms in total. The summed E-state index contributed by atoms with van der Waals surface area (Å²) in [4.78, 5) is 73.2. The molecule has 0 aromatic rings. The van der Waals surface area contributed by atoms with Crippen molar-refractivity contribution >= 4 is 39.5 Å². The Kier molecular flexibility index (Phi) is 75.0. The first-order valence-electron chi connectivity index (χ1n) is 44.0. The quantitative estimate of drug-likeness (QED) is 0.0222. The van der Waals surface area contributed by atoms with Gasteiger partial charge in [-0.1, -0.05) is 401 Å². The van der Waals surface area contributed by atoms with E-state index in [-0.39, 0.29) is 25.7 Å². The second kappa shape index (κ2) is 76.4. The van der Waals surface area contributed by atoms with Crippen LogP contribution in [0.1, 0.15) is 452 Å². The van der Waals surface area contributed by atoms with Crippen LogP contribution in [0.2, 0.25) is 0 Å². The van der Waals surface area contributed by atoms with Crippen LogP contribution in [0.3, 0.4) is 0 Å². The Morgan fingerprint density at radius 3 is 0.654 bits per heavy atom. The Morgan fingerprint density at radius 1 is 0.260 bits per heavy atom. The normalized spacial score (nSPS) is 13.8. The van der Waals surface area contributed by atoms with E-state index >= 15 is 0 Å². The zero-order valence-corrected chi connectivity index (χ0v) is 70.1. The lowest BCUT2D eigenvalue weighted by Gasteiger charge is -2.21. The van der Waals surface area contributed by atoms with Crippen LogP contribution in [0.4, 0.5) is 0 Å². The standard InChI is InChI=1S/C85H166O17P2/c1-7-9-11-13-15-17-19-21-22-25-29-33-37-44-50-56-62-68-83(88)96-73-80(101-84(89)69-63-57-51-45-38-34-30-27-24-23-26-28-32-35-41-47-53-59-65-77(3)4)75-99-103(91,92)97-71-79(86)72-98-104(93,94)100-76-81(102-85(90)70-64-58-52-46-40-39-42-48-54-60-66-78(5)6)74-95-82(87)67-61-55-49-43-36-31-20-18-16-14-12-10-8-2/h77-81,86H,7-76H2,1-6H3,(H,91,92)(H,93,94)/t79-,80-,81-/m1/s1. The Balaban J connectivity index is 5.24. The van der Waals surface area contributed by atoms with Crippen molar-refractivity contribution < 1.29 is 80.2 Å². The molecule has 0 heterocycles. The van der Waals surface area contributed by atoms with Crippen molar-refractivity contribution in [2.75, 3.05) is 39.6 Å². The molecule has 19 heteroatoms. The van der Waals surface area contributed by atoms with Crippen molar-refractivity contribution in [3.63, 3.8) is 0 Å². The summed E-state index contributed by atoms with van der Waals surface area (Å²) in [7, 11) is -9.93. The second-order valence-electron chi connectivity index (χ2n) is 31.5. The van der Waals surface area contributed by atoms with E-state index in [0.717, 1.165) is 102 Å². The highest BCUT2D eigenvalue weighted by molar-refractivity contribution is 7.47. The number of hydrogen-bond donors (Lipinski definition) is 3. The maximum Gasteiger partial charge on any atom is 0.472 e. The number of carbonyl (C=O) groups excluding carboxylic acids is 4. The molecule has 2 unspecified atom stereocenters. The van der Waals surface area contributed by atoms with Crippen LogP contribution in [-0.4, -0.2) is 96.7 Å². The first-order chi connectivity index (χ1) is 50.4. The minimum atomic E-state index is -4.97. The molecule has 618 valence electrons. The summed E-state index contributed by atoms with van der Waals surface area (Å²) in [5.74, 6) is -0.529. The summed E-state index contributed by atoms with van der Waals surface area (Å²) < 4.78 is 68.9. The third-order valence-electron chi connectivity index (χ3n) is 20.0. The monoisotopic (exact) mass is 1520 g/mol. The number of hydrogen-bond acceptors (Lipinski definition) is 15. The molecule has 0 fully saturated rings. The van der Waals surface area contributed by atoms with Crippen LogP contribution in [0.25, 0.3) is 0 Å². The lowest BCUT2D eigenvalue weighted by Crippen LogP contribution is -2.30. The molecule has 0 aliphatic carbocycles. The van der Waals surface area contributed by atoms with Gasteiger partial charge in [-0.25, -0.2) is 9.13 Å². The van der Waals surface area contributed by atoms with Crippen molar-refractivity contribution in [1.82, 2.24) is 0 Å².